The number of nitro groups is 1. The second-order valence-electron chi connectivity index (χ2n) is 7.65. The third-order valence-electron chi connectivity index (χ3n) is 5.24. The van der Waals surface area contributed by atoms with E-state index in [2.05, 4.69) is 10.2 Å². The highest BCUT2D eigenvalue weighted by atomic mass is 35.5. The average Bonchev–Trinajstić information content (AvgIpc) is 3.23. The number of methoxy groups -OCH3 is 1. The van der Waals surface area contributed by atoms with Gasteiger partial charge in [-0.2, -0.15) is 0 Å². The largest absolute Gasteiger partial charge is 0.493 e. The summed E-state index contributed by atoms with van der Waals surface area (Å²) in [4.78, 5) is 11.2. The molecule has 0 saturated carbocycles. The smallest absolute Gasteiger partial charge is 0.220 e. The summed E-state index contributed by atoms with van der Waals surface area (Å²) >= 11 is 7.23. The van der Waals surface area contributed by atoms with Gasteiger partial charge in [0.25, 0.3) is 0 Å². The lowest BCUT2D eigenvalue weighted by Crippen LogP contribution is -2.11. The number of rotatable bonds is 10. The van der Waals surface area contributed by atoms with E-state index in [4.69, 9.17) is 21.1 Å². The molecule has 8 nitrogen and oxygen atoms in total. The summed E-state index contributed by atoms with van der Waals surface area (Å²) in [5.74, 6) is 1.73. The van der Waals surface area contributed by atoms with Crippen molar-refractivity contribution < 1.29 is 14.4 Å². The van der Waals surface area contributed by atoms with E-state index in [0.717, 1.165) is 16.8 Å². The van der Waals surface area contributed by atoms with Gasteiger partial charge in [0.15, 0.2) is 16.7 Å². The van der Waals surface area contributed by atoms with E-state index in [1.54, 1.807) is 31.4 Å². The van der Waals surface area contributed by atoms with Gasteiger partial charge in [-0.1, -0.05) is 59.8 Å². The Kier molecular flexibility index (Phi) is 7.89. The lowest BCUT2D eigenvalue weighted by molar-refractivity contribution is -0.479. The summed E-state index contributed by atoms with van der Waals surface area (Å²) in [7, 11) is 1.54. The summed E-state index contributed by atoms with van der Waals surface area (Å²) in [5.41, 5.74) is 2.57. The van der Waals surface area contributed by atoms with Crippen molar-refractivity contribution in [1.29, 1.82) is 0 Å². The first-order chi connectivity index (χ1) is 16.9. The molecule has 4 aromatic rings. The van der Waals surface area contributed by atoms with Gasteiger partial charge in [-0.3, -0.25) is 14.7 Å². The number of halogens is 1. The van der Waals surface area contributed by atoms with Crippen molar-refractivity contribution >= 4 is 23.4 Å². The first-order valence-corrected chi connectivity index (χ1v) is 12.0. The van der Waals surface area contributed by atoms with Crippen LogP contribution in [0.25, 0.3) is 5.69 Å². The van der Waals surface area contributed by atoms with Crippen molar-refractivity contribution in [2.45, 2.75) is 23.9 Å². The van der Waals surface area contributed by atoms with Crippen molar-refractivity contribution in [3.63, 3.8) is 0 Å². The number of ether oxygens (including phenoxy) is 2. The number of aromatic nitrogens is 3. The zero-order chi connectivity index (χ0) is 24.8. The van der Waals surface area contributed by atoms with Crippen LogP contribution in [0.1, 0.15) is 22.2 Å². The number of hydrogen-bond donors (Lipinski definition) is 0. The normalized spacial score (nSPS) is 11.7. The summed E-state index contributed by atoms with van der Waals surface area (Å²) in [6.07, 6.45) is 0. The Labute approximate surface area is 212 Å². The number of aryl methyl sites for hydroxylation is 1. The van der Waals surface area contributed by atoms with Gasteiger partial charge in [-0.25, -0.2) is 0 Å². The number of nitrogens with zero attached hydrogens (tertiary/aromatic N) is 4. The second kappa shape index (κ2) is 11.2. The lowest BCUT2D eigenvalue weighted by Gasteiger charge is -2.17. The van der Waals surface area contributed by atoms with Crippen LogP contribution in [0.2, 0.25) is 5.02 Å². The highest BCUT2D eigenvalue weighted by Crippen LogP contribution is 2.39. The zero-order valence-corrected chi connectivity index (χ0v) is 20.7. The van der Waals surface area contributed by atoms with Crippen molar-refractivity contribution in [2.75, 3.05) is 13.7 Å². The maximum atomic E-state index is 11.5. The van der Waals surface area contributed by atoms with E-state index < -0.39 is 5.25 Å². The average molecular weight is 511 g/mol. The quantitative estimate of drug-likeness (QED) is 0.148. The lowest BCUT2D eigenvalue weighted by atomic mass is 10.1. The van der Waals surface area contributed by atoms with Crippen LogP contribution in [0.3, 0.4) is 0 Å². The van der Waals surface area contributed by atoms with E-state index in [1.165, 1.54) is 11.8 Å². The minimum absolute atomic E-state index is 0.292. The van der Waals surface area contributed by atoms with Crippen LogP contribution in [-0.2, 0) is 6.61 Å². The predicted molar refractivity (Wildman–Crippen MR) is 135 cm³/mol. The number of hydrogen-bond acceptors (Lipinski definition) is 7. The van der Waals surface area contributed by atoms with Crippen molar-refractivity contribution in [3.05, 3.63) is 105 Å². The molecule has 0 bridgehead atoms. The van der Waals surface area contributed by atoms with Gasteiger partial charge in [-0.15, -0.1) is 10.2 Å². The molecule has 1 atom stereocenters. The van der Waals surface area contributed by atoms with Crippen molar-refractivity contribution in [2.24, 2.45) is 0 Å². The third-order valence-corrected chi connectivity index (χ3v) is 6.67. The van der Waals surface area contributed by atoms with Gasteiger partial charge in [0, 0.05) is 15.6 Å². The molecule has 0 saturated heterocycles. The first-order valence-electron chi connectivity index (χ1n) is 10.8. The van der Waals surface area contributed by atoms with Crippen molar-refractivity contribution in [1.82, 2.24) is 14.8 Å². The van der Waals surface area contributed by atoms with Gasteiger partial charge >= 0.3 is 0 Å². The van der Waals surface area contributed by atoms with Crippen LogP contribution >= 0.6 is 23.4 Å². The van der Waals surface area contributed by atoms with Crippen LogP contribution in [0.5, 0.6) is 11.5 Å². The topological polar surface area (TPSA) is 92.3 Å². The second-order valence-corrected chi connectivity index (χ2v) is 9.25. The fourth-order valence-electron chi connectivity index (χ4n) is 3.51. The van der Waals surface area contributed by atoms with Crippen LogP contribution in [0, 0.1) is 17.0 Å². The van der Waals surface area contributed by atoms with E-state index in [0.29, 0.717) is 34.1 Å². The molecule has 4 rings (SSSR count). The SMILES string of the molecule is COc1cc([C@@H](C[N+](=O)[O-])Sc2nnc(C)n2-c2ccccc2)ccc1OCc1ccc(Cl)cc1. The molecule has 10 heteroatoms. The summed E-state index contributed by atoms with van der Waals surface area (Å²) in [5, 5.41) is 20.7. The Balaban J connectivity index is 1.59. The standard InChI is InChI=1S/C25H23ClN4O4S/c1-17-27-28-25(30(17)21-6-4-3-5-7-21)35-24(15-29(31)32)19-10-13-22(23(14-19)33-2)34-16-18-8-11-20(26)12-9-18/h3-14,24H,15-16H2,1-2H3/t24-/m1/s1. The van der Waals surface area contributed by atoms with Gasteiger partial charge < -0.3 is 9.47 Å². The van der Waals surface area contributed by atoms with Gasteiger partial charge in [-0.05, 0) is 54.4 Å². The highest BCUT2D eigenvalue weighted by Gasteiger charge is 2.25. The molecule has 1 aromatic heterocycles. The molecule has 3 aromatic carbocycles. The predicted octanol–water partition coefficient (Wildman–Crippen LogP) is 5.93. The van der Waals surface area contributed by atoms with Gasteiger partial charge in [0.1, 0.15) is 17.7 Å². The Hall–Kier alpha value is -3.56. The molecule has 0 spiro atoms. The molecule has 0 radical (unpaired) electrons. The molecule has 1 heterocycles. The Morgan fingerprint density at radius 2 is 1.80 bits per heavy atom. The molecule has 0 unspecified atom stereocenters. The molecule has 0 aliphatic carbocycles. The number of para-hydroxylation sites is 1. The molecule has 0 N–H and O–H groups in total. The summed E-state index contributed by atoms with van der Waals surface area (Å²) in [6.45, 7) is 1.89. The third kappa shape index (κ3) is 6.12. The summed E-state index contributed by atoms with van der Waals surface area (Å²) < 4.78 is 13.4. The van der Waals surface area contributed by atoms with E-state index in [1.807, 2.05) is 60.0 Å². The highest BCUT2D eigenvalue weighted by molar-refractivity contribution is 7.99. The Morgan fingerprint density at radius 1 is 1.06 bits per heavy atom. The number of thioether (sulfide) groups is 1. The van der Waals surface area contributed by atoms with Crippen LogP contribution in [0.15, 0.2) is 78.0 Å². The van der Waals surface area contributed by atoms with E-state index in [-0.39, 0.29) is 11.5 Å². The molecule has 0 amide bonds. The molecule has 0 fully saturated rings. The number of benzene rings is 3. The van der Waals surface area contributed by atoms with E-state index in [9.17, 15) is 10.1 Å². The Morgan fingerprint density at radius 3 is 2.49 bits per heavy atom. The fraction of sp³-hybridized carbons (Fsp3) is 0.200. The minimum atomic E-state index is -0.518. The van der Waals surface area contributed by atoms with Crippen LogP contribution in [-0.4, -0.2) is 33.3 Å². The molecule has 0 aliphatic heterocycles. The molecule has 35 heavy (non-hydrogen) atoms. The van der Waals surface area contributed by atoms with Crippen molar-refractivity contribution in [3.8, 4) is 17.2 Å². The maximum absolute atomic E-state index is 11.5. The van der Waals surface area contributed by atoms with Crippen LogP contribution < -0.4 is 9.47 Å². The minimum Gasteiger partial charge on any atom is -0.493 e. The zero-order valence-electron chi connectivity index (χ0n) is 19.1. The Bertz CT molecular complexity index is 1300. The van der Waals surface area contributed by atoms with Gasteiger partial charge in [0.2, 0.25) is 6.54 Å². The van der Waals surface area contributed by atoms with E-state index >= 15 is 0 Å². The molecular weight excluding hydrogens is 488 g/mol. The molecule has 0 aliphatic rings. The maximum Gasteiger partial charge on any atom is 0.220 e. The molecular formula is C25H23ClN4O4S. The van der Waals surface area contributed by atoms with Crippen LogP contribution in [0.4, 0.5) is 0 Å². The molecule has 180 valence electrons. The monoisotopic (exact) mass is 510 g/mol. The fourth-order valence-corrected chi connectivity index (χ4v) is 4.80. The van der Waals surface area contributed by atoms with Gasteiger partial charge in [0.05, 0.1) is 7.11 Å². The first kappa shape index (κ1) is 24.6. The summed E-state index contributed by atoms with van der Waals surface area (Å²) in [6, 6.07) is 22.4.